The third-order valence-electron chi connectivity index (χ3n) is 5.95. The van der Waals surface area contributed by atoms with Gasteiger partial charge in [-0.3, -0.25) is 13.7 Å². The van der Waals surface area contributed by atoms with Crippen molar-refractivity contribution >= 4 is 84.4 Å². The van der Waals surface area contributed by atoms with Crippen molar-refractivity contribution in [2.75, 3.05) is 29.6 Å². The highest BCUT2D eigenvalue weighted by Gasteiger charge is 2.24. The summed E-state index contributed by atoms with van der Waals surface area (Å²) >= 11 is 0. The summed E-state index contributed by atoms with van der Waals surface area (Å²) in [5.74, 6) is -1.14. The molecular weight excluding hydrogens is 745 g/mol. The van der Waals surface area contributed by atoms with Crippen LogP contribution in [0.2, 0.25) is 0 Å². The second-order valence-corrected chi connectivity index (χ2v) is 17.5. The average molecular weight is 771 g/mol. The largest absolute Gasteiger partial charge is 0.397 e. The Balaban J connectivity index is 2.05. The summed E-state index contributed by atoms with van der Waals surface area (Å²) in [7, 11) is -23.0. The first-order valence-corrected chi connectivity index (χ1v) is 20.3. The molecule has 20 nitrogen and oxygen atoms in total. The lowest BCUT2D eigenvalue weighted by atomic mass is 10.2. The molecule has 0 aromatic heterocycles. The summed E-state index contributed by atoms with van der Waals surface area (Å²) in [5.41, 5.74) is 8.96. The van der Waals surface area contributed by atoms with Crippen LogP contribution < -0.4 is 11.5 Å². The Morgan fingerprint density at radius 3 is 1.71 bits per heavy atom. The van der Waals surface area contributed by atoms with Crippen LogP contribution in [-0.4, -0.2) is 73.9 Å². The van der Waals surface area contributed by atoms with E-state index in [4.69, 9.17) is 16.0 Å². The van der Waals surface area contributed by atoms with E-state index in [2.05, 4.69) is 24.6 Å². The summed E-state index contributed by atoms with van der Waals surface area (Å²) in [4.78, 5) is -2.65. The molecule has 0 aliphatic heterocycles. The first kappa shape index (κ1) is 38.5. The smallest absolute Gasteiger partial charge is 0.396 e. The van der Waals surface area contributed by atoms with Gasteiger partial charge in [0.2, 0.25) is 0 Å². The number of sulfone groups is 2. The highest BCUT2D eigenvalue weighted by molar-refractivity contribution is 7.91. The number of nitrogen functional groups attached to an aromatic ring is 2. The molecule has 0 aliphatic rings. The van der Waals surface area contributed by atoms with Crippen molar-refractivity contribution in [1.82, 2.24) is 0 Å². The Morgan fingerprint density at radius 2 is 1.17 bits per heavy atom. The number of nitrogens with zero attached hydrogens (tertiary/aromatic N) is 4. The van der Waals surface area contributed by atoms with Gasteiger partial charge >= 0.3 is 10.4 Å². The normalized spacial score (nSPS) is 13.4. The van der Waals surface area contributed by atoms with Crippen molar-refractivity contribution in [2.24, 2.45) is 20.5 Å². The lowest BCUT2D eigenvalue weighted by Crippen LogP contribution is -2.15. The minimum Gasteiger partial charge on any atom is -0.396 e. The van der Waals surface area contributed by atoms with Gasteiger partial charge in [0, 0.05) is 0 Å². The predicted octanol–water partition coefficient (Wildman–Crippen LogP) is 2.95. The van der Waals surface area contributed by atoms with E-state index in [1.165, 1.54) is 0 Å². The summed E-state index contributed by atoms with van der Waals surface area (Å²) in [6.07, 6.45) is 0.211. The van der Waals surface area contributed by atoms with Gasteiger partial charge in [-0.2, -0.15) is 30.4 Å². The van der Waals surface area contributed by atoms with Gasteiger partial charge in [0.25, 0.3) is 20.2 Å². The molecule has 3 aromatic carbocycles. The van der Waals surface area contributed by atoms with Crippen molar-refractivity contribution in [2.45, 2.75) is 32.9 Å². The van der Waals surface area contributed by atoms with E-state index in [9.17, 15) is 51.2 Å². The summed E-state index contributed by atoms with van der Waals surface area (Å²) in [6.45, 7) is 0.713. The van der Waals surface area contributed by atoms with Gasteiger partial charge in [-0.05, 0) is 55.0 Å². The number of rotatable bonds is 14. The van der Waals surface area contributed by atoms with E-state index in [-0.39, 0.29) is 22.8 Å². The predicted molar refractivity (Wildman–Crippen MR) is 168 cm³/mol. The van der Waals surface area contributed by atoms with E-state index in [1.807, 2.05) is 0 Å². The Morgan fingerprint density at radius 1 is 0.625 bits per heavy atom. The Bertz CT molecular complexity index is 2340. The molecule has 0 amide bonds. The highest BCUT2D eigenvalue weighted by Crippen LogP contribution is 2.43. The molecule has 0 radical (unpaired) electrons. The molecule has 0 unspecified atom stereocenters. The van der Waals surface area contributed by atoms with Crippen LogP contribution in [0.25, 0.3) is 0 Å². The molecule has 262 valence electrons. The van der Waals surface area contributed by atoms with Gasteiger partial charge in [-0.15, -0.1) is 15.3 Å². The molecule has 3 rings (SSSR count). The van der Waals surface area contributed by atoms with Gasteiger partial charge in [-0.25, -0.2) is 21.0 Å². The van der Waals surface area contributed by atoms with E-state index in [0.717, 1.165) is 36.4 Å². The Labute approximate surface area is 274 Å². The molecule has 48 heavy (non-hydrogen) atoms. The van der Waals surface area contributed by atoms with Gasteiger partial charge in [0.15, 0.2) is 19.7 Å². The fraction of sp³-hybridized carbons (Fsp3) is 0.217. The second kappa shape index (κ2) is 14.3. The van der Waals surface area contributed by atoms with Crippen LogP contribution >= 0.6 is 0 Å². The lowest BCUT2D eigenvalue weighted by molar-refractivity contribution is 0.284. The lowest BCUT2D eigenvalue weighted by Gasteiger charge is -2.11. The van der Waals surface area contributed by atoms with Crippen LogP contribution in [0.5, 0.6) is 0 Å². The van der Waals surface area contributed by atoms with Crippen LogP contribution in [0, 0.1) is 0 Å². The molecule has 0 bridgehead atoms. The third-order valence-corrected chi connectivity index (χ3v) is 11.8. The Kier molecular flexibility index (Phi) is 11.4. The summed E-state index contributed by atoms with van der Waals surface area (Å²) in [5, 5.41) is 14.9. The number of benzene rings is 3. The molecule has 0 atom stereocenters. The fourth-order valence-electron chi connectivity index (χ4n) is 3.73. The highest BCUT2D eigenvalue weighted by atomic mass is 32.3. The molecule has 7 N–H and O–H groups in total. The van der Waals surface area contributed by atoms with Gasteiger partial charge in [0.1, 0.15) is 26.9 Å². The molecule has 0 aliphatic carbocycles. The number of nitrogens with two attached hydrogens (primary N) is 2. The number of anilines is 2. The van der Waals surface area contributed by atoms with Crippen LogP contribution in [0.4, 0.5) is 34.1 Å². The Hall–Kier alpha value is -3.95. The third kappa shape index (κ3) is 9.80. The van der Waals surface area contributed by atoms with E-state index in [1.54, 1.807) is 6.92 Å². The van der Waals surface area contributed by atoms with Crippen LogP contribution in [0.15, 0.2) is 88.6 Å². The van der Waals surface area contributed by atoms with Gasteiger partial charge in [0.05, 0.1) is 45.0 Å². The zero-order chi connectivity index (χ0) is 36.3. The molecular formula is C23H26N6O14S5. The molecule has 0 spiro atoms. The number of hydrogen-bond donors (Lipinski definition) is 5. The summed E-state index contributed by atoms with van der Waals surface area (Å²) < 4.78 is 151. The van der Waals surface area contributed by atoms with Crippen molar-refractivity contribution in [1.29, 1.82) is 0 Å². The quantitative estimate of drug-likeness (QED) is 0.0893. The van der Waals surface area contributed by atoms with E-state index in [0.29, 0.717) is 12.1 Å². The van der Waals surface area contributed by atoms with Crippen molar-refractivity contribution in [3.8, 4) is 0 Å². The zero-order valence-electron chi connectivity index (χ0n) is 24.3. The van der Waals surface area contributed by atoms with Gasteiger partial charge in [-0.1, -0.05) is 6.92 Å². The molecule has 0 saturated carbocycles. The maximum absolute atomic E-state index is 12.4. The maximum Gasteiger partial charge on any atom is 0.397 e. The van der Waals surface area contributed by atoms with E-state index < -0.39 is 106 Å². The van der Waals surface area contributed by atoms with Crippen molar-refractivity contribution in [3.05, 3.63) is 48.5 Å². The maximum atomic E-state index is 12.4. The second-order valence-electron chi connectivity index (χ2n) is 9.43. The first-order valence-electron chi connectivity index (χ1n) is 12.8. The zero-order valence-corrected chi connectivity index (χ0v) is 28.3. The molecule has 0 fully saturated rings. The van der Waals surface area contributed by atoms with Gasteiger partial charge < -0.3 is 11.5 Å². The van der Waals surface area contributed by atoms with Crippen molar-refractivity contribution in [3.63, 3.8) is 0 Å². The fourth-order valence-corrected chi connectivity index (χ4v) is 7.93. The summed E-state index contributed by atoms with van der Waals surface area (Å²) in [6, 6.07) is 7.65. The van der Waals surface area contributed by atoms with Crippen molar-refractivity contribution < 1.29 is 59.9 Å². The van der Waals surface area contributed by atoms with Crippen LogP contribution in [0.1, 0.15) is 13.3 Å². The molecule has 0 saturated heterocycles. The SMILES string of the molecule is CCCS(=O)(=O)c1ccc(N=Nc2cc(S(=O)(=O)O)c(N)c(N=Nc3ccc(S(=O)(=O)CCOS(=O)(=O)O)cc3)c2N)c(S(=O)(=O)O)c1. The number of hydrogen-bond acceptors (Lipinski definition) is 17. The monoisotopic (exact) mass is 770 g/mol. The minimum atomic E-state index is -5.08. The average Bonchev–Trinajstić information content (AvgIpc) is 2.95. The minimum absolute atomic E-state index is 0.0433. The standard InChI is InChI=1S/C23H26N6O14S5/c1-2-10-44(30,31)16-7-8-17(19(12-16)46(34,35)36)27-28-18-13-20(47(37,38)39)22(25)23(21(18)24)29-26-14-3-5-15(6-4-14)45(32,33)11-9-43-48(40,41)42/h3-8,12-13H,2,9-11,24-25H2,1H3,(H,34,35,36)(H,37,38,39)(H,40,41,42). The molecule has 25 heteroatoms. The van der Waals surface area contributed by atoms with E-state index >= 15 is 0 Å². The topological polar surface area (TPSA) is 342 Å². The van der Waals surface area contributed by atoms with Crippen LogP contribution in [-0.2, 0) is 54.5 Å². The molecule has 0 heterocycles. The van der Waals surface area contributed by atoms with Crippen LogP contribution in [0.3, 0.4) is 0 Å². The molecule has 3 aromatic rings. The number of azo groups is 2. The first-order chi connectivity index (χ1) is 22.0.